The standard InChI is InChI=1S/C8H15N3S/c1-6(2)7-5-9-8(12)11(7)10(3)4/h5-6H,1-4H3,(H,9,12). The van der Waals surface area contributed by atoms with Gasteiger partial charge in [0.1, 0.15) is 0 Å². The summed E-state index contributed by atoms with van der Waals surface area (Å²) in [5.74, 6) is 0.486. The van der Waals surface area contributed by atoms with Gasteiger partial charge in [-0.05, 0) is 18.1 Å². The molecule has 0 amide bonds. The van der Waals surface area contributed by atoms with E-state index in [4.69, 9.17) is 12.2 Å². The maximum Gasteiger partial charge on any atom is 0.196 e. The van der Waals surface area contributed by atoms with Crippen molar-refractivity contribution in [1.29, 1.82) is 0 Å². The van der Waals surface area contributed by atoms with Gasteiger partial charge in [-0.1, -0.05) is 13.8 Å². The van der Waals surface area contributed by atoms with Crippen molar-refractivity contribution in [2.75, 3.05) is 19.1 Å². The maximum atomic E-state index is 5.13. The highest BCUT2D eigenvalue weighted by molar-refractivity contribution is 7.71. The molecule has 0 unspecified atom stereocenters. The Labute approximate surface area is 78.0 Å². The number of hydrogen-bond acceptors (Lipinski definition) is 2. The van der Waals surface area contributed by atoms with Gasteiger partial charge in [-0.3, -0.25) is 0 Å². The fourth-order valence-corrected chi connectivity index (χ4v) is 1.53. The molecule has 0 fully saturated rings. The third-order valence-electron chi connectivity index (χ3n) is 1.77. The van der Waals surface area contributed by atoms with E-state index in [2.05, 4.69) is 18.8 Å². The lowest BCUT2D eigenvalue weighted by Crippen LogP contribution is -2.27. The fourth-order valence-electron chi connectivity index (χ4n) is 1.20. The molecule has 0 atom stereocenters. The smallest absolute Gasteiger partial charge is 0.196 e. The van der Waals surface area contributed by atoms with E-state index >= 15 is 0 Å². The van der Waals surface area contributed by atoms with Crippen LogP contribution in [0.3, 0.4) is 0 Å². The largest absolute Gasteiger partial charge is 0.336 e. The molecule has 68 valence electrons. The number of aromatic amines is 1. The van der Waals surface area contributed by atoms with E-state index in [9.17, 15) is 0 Å². The van der Waals surface area contributed by atoms with Crippen molar-refractivity contribution in [3.63, 3.8) is 0 Å². The number of aromatic nitrogens is 2. The molecule has 0 aliphatic rings. The summed E-state index contributed by atoms with van der Waals surface area (Å²) in [5.41, 5.74) is 1.21. The minimum Gasteiger partial charge on any atom is -0.336 e. The zero-order valence-electron chi connectivity index (χ0n) is 7.96. The van der Waals surface area contributed by atoms with Crippen LogP contribution in [0.2, 0.25) is 0 Å². The quantitative estimate of drug-likeness (QED) is 0.711. The van der Waals surface area contributed by atoms with Crippen molar-refractivity contribution < 1.29 is 0 Å². The van der Waals surface area contributed by atoms with Gasteiger partial charge in [0, 0.05) is 20.3 Å². The van der Waals surface area contributed by atoms with Crippen LogP contribution in [-0.2, 0) is 0 Å². The Hall–Kier alpha value is -0.770. The van der Waals surface area contributed by atoms with E-state index in [1.807, 2.05) is 30.0 Å². The van der Waals surface area contributed by atoms with Crippen molar-refractivity contribution in [3.8, 4) is 0 Å². The molecule has 0 radical (unpaired) electrons. The average Bonchev–Trinajstić information content (AvgIpc) is 2.30. The van der Waals surface area contributed by atoms with Gasteiger partial charge in [0.05, 0.1) is 5.69 Å². The SMILES string of the molecule is CC(C)c1c[nH]c(=S)n1N(C)C. The molecule has 1 rings (SSSR count). The Balaban J connectivity index is 3.22. The van der Waals surface area contributed by atoms with Crippen molar-refractivity contribution in [2.24, 2.45) is 0 Å². The number of rotatable bonds is 2. The molecular formula is C8H15N3S. The summed E-state index contributed by atoms with van der Waals surface area (Å²) in [7, 11) is 3.96. The highest BCUT2D eigenvalue weighted by Gasteiger charge is 2.08. The monoisotopic (exact) mass is 185 g/mol. The van der Waals surface area contributed by atoms with Crippen LogP contribution in [0.1, 0.15) is 25.5 Å². The van der Waals surface area contributed by atoms with Gasteiger partial charge in [-0.15, -0.1) is 0 Å². The van der Waals surface area contributed by atoms with Crippen LogP contribution >= 0.6 is 12.2 Å². The molecule has 4 heteroatoms. The van der Waals surface area contributed by atoms with Crippen LogP contribution in [0.5, 0.6) is 0 Å². The lowest BCUT2D eigenvalue weighted by Gasteiger charge is -2.18. The van der Waals surface area contributed by atoms with E-state index in [0.29, 0.717) is 5.92 Å². The number of imidazole rings is 1. The van der Waals surface area contributed by atoms with Gasteiger partial charge < -0.3 is 9.99 Å². The Morgan fingerprint density at radius 2 is 2.08 bits per heavy atom. The molecule has 1 aromatic rings. The van der Waals surface area contributed by atoms with E-state index in [0.717, 1.165) is 4.77 Å². The van der Waals surface area contributed by atoms with Gasteiger partial charge in [0.15, 0.2) is 4.77 Å². The second-order valence-electron chi connectivity index (χ2n) is 3.33. The minimum absolute atomic E-state index is 0.486. The van der Waals surface area contributed by atoms with Crippen LogP contribution in [0.15, 0.2) is 6.20 Å². The van der Waals surface area contributed by atoms with Crippen molar-refractivity contribution in [2.45, 2.75) is 19.8 Å². The molecule has 1 N–H and O–H groups in total. The molecule has 1 aromatic heterocycles. The summed E-state index contributed by atoms with van der Waals surface area (Å²) < 4.78 is 2.75. The van der Waals surface area contributed by atoms with Crippen LogP contribution in [-0.4, -0.2) is 23.8 Å². The first-order chi connectivity index (χ1) is 5.54. The molecule has 0 saturated heterocycles. The second kappa shape index (κ2) is 3.31. The van der Waals surface area contributed by atoms with E-state index < -0.39 is 0 Å². The van der Waals surface area contributed by atoms with E-state index in [1.54, 1.807) is 0 Å². The first-order valence-electron chi connectivity index (χ1n) is 4.02. The van der Waals surface area contributed by atoms with E-state index in [-0.39, 0.29) is 0 Å². The molecule has 3 nitrogen and oxygen atoms in total. The average molecular weight is 185 g/mol. The molecular weight excluding hydrogens is 170 g/mol. The molecule has 0 saturated carbocycles. The van der Waals surface area contributed by atoms with Crippen molar-refractivity contribution >= 4 is 12.2 Å². The number of nitrogens with zero attached hydrogens (tertiary/aromatic N) is 2. The topological polar surface area (TPSA) is 24.0 Å². The molecule has 12 heavy (non-hydrogen) atoms. The number of nitrogens with one attached hydrogen (secondary N) is 1. The Kier molecular flexibility index (Phi) is 2.57. The normalized spacial score (nSPS) is 10.8. The summed E-state index contributed by atoms with van der Waals surface area (Å²) in [6.07, 6.45) is 1.97. The van der Waals surface area contributed by atoms with Gasteiger partial charge >= 0.3 is 0 Å². The van der Waals surface area contributed by atoms with E-state index in [1.165, 1.54) is 5.69 Å². The van der Waals surface area contributed by atoms with Crippen LogP contribution < -0.4 is 5.01 Å². The second-order valence-corrected chi connectivity index (χ2v) is 3.72. The molecule has 1 heterocycles. The van der Waals surface area contributed by atoms with Gasteiger partial charge in [0.25, 0.3) is 0 Å². The maximum absolute atomic E-state index is 5.13. The summed E-state index contributed by atoms with van der Waals surface area (Å²) in [6.45, 7) is 4.30. The Morgan fingerprint density at radius 1 is 1.50 bits per heavy atom. The zero-order valence-corrected chi connectivity index (χ0v) is 8.77. The Bertz CT molecular complexity index is 308. The predicted octanol–water partition coefficient (Wildman–Crippen LogP) is 1.87. The fraction of sp³-hybridized carbons (Fsp3) is 0.625. The molecule has 0 aromatic carbocycles. The Morgan fingerprint density at radius 3 is 2.42 bits per heavy atom. The van der Waals surface area contributed by atoms with Gasteiger partial charge in [-0.25, -0.2) is 4.68 Å². The third-order valence-corrected chi connectivity index (χ3v) is 2.06. The van der Waals surface area contributed by atoms with Crippen LogP contribution in [0.25, 0.3) is 0 Å². The highest BCUT2D eigenvalue weighted by atomic mass is 32.1. The molecule has 0 aliphatic carbocycles. The first kappa shape index (κ1) is 9.32. The molecule has 0 spiro atoms. The summed E-state index contributed by atoms with van der Waals surface area (Å²) in [5, 5.41) is 1.98. The zero-order chi connectivity index (χ0) is 9.30. The summed E-state index contributed by atoms with van der Waals surface area (Å²) in [4.78, 5) is 3.04. The van der Waals surface area contributed by atoms with Crippen molar-refractivity contribution in [1.82, 2.24) is 9.66 Å². The predicted molar refractivity (Wildman–Crippen MR) is 53.8 cm³/mol. The third kappa shape index (κ3) is 1.53. The van der Waals surface area contributed by atoms with Gasteiger partial charge in [-0.2, -0.15) is 0 Å². The summed E-state index contributed by atoms with van der Waals surface area (Å²) >= 11 is 5.13. The molecule has 0 aliphatic heterocycles. The van der Waals surface area contributed by atoms with Crippen molar-refractivity contribution in [3.05, 3.63) is 16.7 Å². The summed E-state index contributed by atoms with van der Waals surface area (Å²) in [6, 6.07) is 0. The lowest BCUT2D eigenvalue weighted by atomic mass is 10.1. The highest BCUT2D eigenvalue weighted by Crippen LogP contribution is 2.13. The van der Waals surface area contributed by atoms with Crippen LogP contribution in [0.4, 0.5) is 0 Å². The molecule has 0 bridgehead atoms. The minimum atomic E-state index is 0.486. The first-order valence-corrected chi connectivity index (χ1v) is 4.42. The number of hydrogen-bond donors (Lipinski definition) is 1. The number of H-pyrrole nitrogens is 1. The lowest BCUT2D eigenvalue weighted by molar-refractivity contribution is 0.647. The van der Waals surface area contributed by atoms with Crippen LogP contribution in [0, 0.1) is 4.77 Å². The van der Waals surface area contributed by atoms with Gasteiger partial charge in [0.2, 0.25) is 0 Å².